The Bertz CT molecular complexity index is 622. The summed E-state index contributed by atoms with van der Waals surface area (Å²) in [5.74, 6) is 0.798. The van der Waals surface area contributed by atoms with Crippen LogP contribution in [0.5, 0.6) is 0 Å². The minimum Gasteiger partial charge on any atom is -0.444 e. The van der Waals surface area contributed by atoms with Gasteiger partial charge in [-0.25, -0.2) is 9.79 Å². The molecule has 1 amide bonds. The summed E-state index contributed by atoms with van der Waals surface area (Å²) in [6, 6.07) is 1.77. The summed E-state index contributed by atoms with van der Waals surface area (Å²) in [6.07, 6.45) is -0.435. The molecular weight excluding hydrogens is 376 g/mol. The van der Waals surface area contributed by atoms with Crippen molar-refractivity contribution in [2.45, 2.75) is 65.7 Å². The van der Waals surface area contributed by atoms with E-state index in [4.69, 9.17) is 4.74 Å². The predicted molar refractivity (Wildman–Crippen MR) is 116 cm³/mol. The van der Waals surface area contributed by atoms with Crippen molar-refractivity contribution in [3.05, 3.63) is 22.4 Å². The number of nitrogens with one attached hydrogen (secondary N) is 3. The highest BCUT2D eigenvalue weighted by molar-refractivity contribution is 7.08. The maximum atomic E-state index is 12.1. The largest absolute Gasteiger partial charge is 0.444 e. The number of hydrogen-bond acceptors (Lipinski definition) is 5. The molecule has 1 aromatic heterocycles. The molecule has 2 atom stereocenters. The third kappa shape index (κ3) is 8.93. The summed E-state index contributed by atoms with van der Waals surface area (Å²) in [5.41, 5.74) is -0.722. The van der Waals surface area contributed by atoms with Crippen LogP contribution in [-0.4, -0.2) is 48.4 Å². The van der Waals surface area contributed by atoms with Crippen molar-refractivity contribution in [3.8, 4) is 0 Å². The average molecular weight is 413 g/mol. The molecular formula is C20H36N4O3S. The second-order valence-corrected chi connectivity index (χ2v) is 9.14. The molecule has 4 N–H and O–H groups in total. The second-order valence-electron chi connectivity index (χ2n) is 8.36. The third-order valence-corrected chi connectivity index (χ3v) is 4.71. The van der Waals surface area contributed by atoms with Gasteiger partial charge in [-0.15, -0.1) is 0 Å². The lowest BCUT2D eigenvalue weighted by molar-refractivity contribution is 0.0491. The molecule has 1 rings (SSSR count). The van der Waals surface area contributed by atoms with Gasteiger partial charge in [0.05, 0.1) is 12.6 Å². The van der Waals surface area contributed by atoms with E-state index in [1.165, 1.54) is 0 Å². The summed E-state index contributed by atoms with van der Waals surface area (Å²) in [4.78, 5) is 16.6. The van der Waals surface area contributed by atoms with E-state index in [1.807, 2.05) is 58.4 Å². The van der Waals surface area contributed by atoms with Crippen molar-refractivity contribution in [1.29, 1.82) is 0 Å². The molecule has 8 heteroatoms. The fourth-order valence-electron chi connectivity index (χ4n) is 2.36. The quantitative estimate of drug-likeness (QED) is 0.389. The number of thiophene rings is 1. The Morgan fingerprint density at radius 3 is 2.46 bits per heavy atom. The fraction of sp³-hybridized carbons (Fsp3) is 0.700. The summed E-state index contributed by atoms with van der Waals surface area (Å²) < 4.78 is 5.35. The van der Waals surface area contributed by atoms with Gasteiger partial charge in [-0.1, -0.05) is 13.8 Å². The van der Waals surface area contributed by atoms with Crippen LogP contribution in [0.1, 0.15) is 54.0 Å². The zero-order chi connectivity index (χ0) is 21.4. The Kier molecular flexibility index (Phi) is 9.23. The Morgan fingerprint density at radius 1 is 1.29 bits per heavy atom. The van der Waals surface area contributed by atoms with Crippen molar-refractivity contribution < 1.29 is 14.6 Å². The van der Waals surface area contributed by atoms with Crippen LogP contribution in [-0.2, 0) is 10.3 Å². The van der Waals surface area contributed by atoms with Crippen LogP contribution in [0.25, 0.3) is 0 Å². The van der Waals surface area contributed by atoms with Crippen LogP contribution >= 0.6 is 11.3 Å². The normalized spacial score (nSPS) is 15.7. The Hall–Kier alpha value is -1.80. The van der Waals surface area contributed by atoms with Crippen LogP contribution < -0.4 is 16.0 Å². The molecule has 0 bridgehead atoms. The highest BCUT2D eigenvalue weighted by Gasteiger charge is 2.24. The van der Waals surface area contributed by atoms with Gasteiger partial charge < -0.3 is 25.8 Å². The van der Waals surface area contributed by atoms with Crippen molar-refractivity contribution in [1.82, 2.24) is 16.0 Å². The van der Waals surface area contributed by atoms with Crippen LogP contribution in [0.2, 0.25) is 0 Å². The molecule has 0 fully saturated rings. The number of nitrogens with zero attached hydrogens (tertiary/aromatic N) is 1. The first kappa shape index (κ1) is 24.2. The van der Waals surface area contributed by atoms with Gasteiger partial charge in [0.15, 0.2) is 5.96 Å². The summed E-state index contributed by atoms with van der Waals surface area (Å²) in [6.45, 7) is 14.7. The molecule has 0 spiro atoms. The Morgan fingerprint density at radius 2 is 1.96 bits per heavy atom. The van der Waals surface area contributed by atoms with Crippen LogP contribution in [0.15, 0.2) is 21.8 Å². The smallest absolute Gasteiger partial charge is 0.407 e. The van der Waals surface area contributed by atoms with Crippen LogP contribution in [0.3, 0.4) is 0 Å². The highest BCUT2D eigenvalue weighted by atomic mass is 32.1. The predicted octanol–water partition coefficient (Wildman–Crippen LogP) is 3.06. The van der Waals surface area contributed by atoms with Gasteiger partial charge in [-0.2, -0.15) is 11.3 Å². The van der Waals surface area contributed by atoms with E-state index in [-0.39, 0.29) is 18.5 Å². The second kappa shape index (κ2) is 10.7. The molecule has 1 heterocycles. The van der Waals surface area contributed by atoms with Gasteiger partial charge in [-0.05, 0) is 62.9 Å². The van der Waals surface area contributed by atoms with Gasteiger partial charge in [0.2, 0.25) is 0 Å². The minimum absolute atomic E-state index is 0.129. The number of amides is 1. The summed E-state index contributed by atoms with van der Waals surface area (Å²) >= 11 is 1.55. The molecule has 1 aromatic rings. The molecule has 0 saturated carbocycles. The lowest BCUT2D eigenvalue weighted by atomic mass is 10.00. The number of rotatable bonds is 8. The molecule has 160 valence electrons. The first-order valence-electron chi connectivity index (χ1n) is 9.71. The Balaban J connectivity index is 2.71. The van der Waals surface area contributed by atoms with Gasteiger partial charge >= 0.3 is 6.09 Å². The van der Waals surface area contributed by atoms with Gasteiger partial charge in [0.1, 0.15) is 11.2 Å². The first-order chi connectivity index (χ1) is 12.9. The molecule has 0 aliphatic rings. The zero-order valence-corrected chi connectivity index (χ0v) is 18.9. The zero-order valence-electron chi connectivity index (χ0n) is 18.1. The summed E-state index contributed by atoms with van der Waals surface area (Å²) in [5, 5.41) is 23.8. The number of carbonyl (C=O) groups excluding carboxylic acids is 1. The van der Waals surface area contributed by atoms with Crippen molar-refractivity contribution in [3.63, 3.8) is 0 Å². The molecule has 0 radical (unpaired) electrons. The van der Waals surface area contributed by atoms with E-state index >= 15 is 0 Å². The van der Waals surface area contributed by atoms with Crippen LogP contribution in [0, 0.1) is 5.92 Å². The highest BCUT2D eigenvalue weighted by Crippen LogP contribution is 2.23. The van der Waals surface area contributed by atoms with Crippen molar-refractivity contribution >= 4 is 23.4 Å². The lowest BCUT2D eigenvalue weighted by Crippen LogP contribution is -2.50. The van der Waals surface area contributed by atoms with E-state index in [1.54, 1.807) is 18.3 Å². The van der Waals surface area contributed by atoms with E-state index in [9.17, 15) is 9.90 Å². The number of aliphatic hydroxyl groups is 1. The van der Waals surface area contributed by atoms with Gasteiger partial charge in [-0.3, -0.25) is 0 Å². The van der Waals surface area contributed by atoms with Gasteiger partial charge in [0.25, 0.3) is 0 Å². The van der Waals surface area contributed by atoms with E-state index in [0.29, 0.717) is 19.0 Å². The van der Waals surface area contributed by atoms with Crippen molar-refractivity contribution in [2.24, 2.45) is 10.9 Å². The minimum atomic E-state index is -1.03. The number of aliphatic imine (C=N–C) groups is 1. The third-order valence-electron chi connectivity index (χ3n) is 4.03. The number of alkyl carbamates (subject to hydrolysis) is 1. The van der Waals surface area contributed by atoms with E-state index < -0.39 is 17.3 Å². The van der Waals surface area contributed by atoms with E-state index in [0.717, 1.165) is 5.56 Å². The first-order valence-corrected chi connectivity index (χ1v) is 10.7. The Labute approximate surface area is 173 Å². The molecule has 0 saturated heterocycles. The van der Waals surface area contributed by atoms with Gasteiger partial charge in [0, 0.05) is 13.1 Å². The molecule has 0 aliphatic carbocycles. The SMILES string of the molecule is CCNC(=NCC(C)(O)c1ccsc1)NCC(NC(=O)OC(C)(C)C)C(C)C. The molecule has 0 aliphatic heterocycles. The molecule has 2 unspecified atom stereocenters. The topological polar surface area (TPSA) is 95.0 Å². The standard InChI is InChI=1S/C20H36N4O3S/c1-8-21-17(23-13-20(7,26)15-9-10-28-12-15)22-11-16(14(2)3)24-18(25)27-19(4,5)6/h9-10,12,14,16,26H,8,11,13H2,1-7H3,(H,24,25)(H2,21,22,23). The molecule has 28 heavy (non-hydrogen) atoms. The van der Waals surface area contributed by atoms with Crippen molar-refractivity contribution in [2.75, 3.05) is 19.6 Å². The maximum Gasteiger partial charge on any atom is 0.407 e. The molecule has 0 aromatic carbocycles. The average Bonchev–Trinajstić information content (AvgIpc) is 3.09. The van der Waals surface area contributed by atoms with E-state index in [2.05, 4.69) is 20.9 Å². The number of hydrogen-bond donors (Lipinski definition) is 4. The molecule has 7 nitrogen and oxygen atoms in total. The lowest BCUT2D eigenvalue weighted by Gasteiger charge is -2.27. The maximum absolute atomic E-state index is 12.1. The monoisotopic (exact) mass is 412 g/mol. The number of guanidine groups is 1. The number of ether oxygens (including phenoxy) is 1. The fourth-order valence-corrected chi connectivity index (χ4v) is 3.14. The summed E-state index contributed by atoms with van der Waals surface area (Å²) in [7, 11) is 0. The van der Waals surface area contributed by atoms with Crippen LogP contribution in [0.4, 0.5) is 4.79 Å². The number of carbonyl (C=O) groups is 1.